The zero-order valence-electron chi connectivity index (χ0n) is 12.8. The minimum absolute atomic E-state index is 0.0464. The van der Waals surface area contributed by atoms with Gasteiger partial charge < -0.3 is 15.6 Å². The fourth-order valence-electron chi connectivity index (χ4n) is 2.94. The lowest BCUT2D eigenvalue weighted by molar-refractivity contribution is -0.125. The second kappa shape index (κ2) is 6.45. The minimum atomic E-state index is -0.780. The SMILES string of the molecule is Cc1nc([C@H](NC(=O)[C@H]2CC[C@@H](N)C2)c2ccccc2F)no1. The van der Waals surface area contributed by atoms with Crippen LogP contribution in [0.4, 0.5) is 4.39 Å². The van der Waals surface area contributed by atoms with E-state index in [1.807, 2.05) is 0 Å². The van der Waals surface area contributed by atoms with Gasteiger partial charge in [-0.05, 0) is 25.3 Å². The number of hydrogen-bond acceptors (Lipinski definition) is 5. The van der Waals surface area contributed by atoms with Crippen LogP contribution in [0.1, 0.15) is 42.6 Å². The number of hydrogen-bond donors (Lipinski definition) is 2. The second-order valence-corrected chi connectivity index (χ2v) is 5.90. The summed E-state index contributed by atoms with van der Waals surface area (Å²) in [4.78, 5) is 16.6. The standard InChI is InChI=1S/C16H19FN4O2/c1-9-19-15(21-23-9)14(12-4-2-3-5-13(12)17)20-16(22)10-6-7-11(18)8-10/h2-5,10-11,14H,6-8,18H2,1H3,(H,20,22)/t10-,11+,14+/m0/s1. The fourth-order valence-corrected chi connectivity index (χ4v) is 2.94. The van der Waals surface area contributed by atoms with Gasteiger partial charge in [-0.25, -0.2) is 4.39 Å². The normalized spacial score (nSPS) is 22.0. The first-order valence-electron chi connectivity index (χ1n) is 7.65. The van der Waals surface area contributed by atoms with Crippen molar-refractivity contribution >= 4 is 5.91 Å². The maximum absolute atomic E-state index is 14.2. The van der Waals surface area contributed by atoms with Crippen molar-refractivity contribution in [3.05, 3.63) is 47.4 Å². The molecule has 23 heavy (non-hydrogen) atoms. The van der Waals surface area contributed by atoms with Crippen molar-refractivity contribution in [2.45, 2.75) is 38.3 Å². The van der Waals surface area contributed by atoms with Crippen molar-refractivity contribution in [2.24, 2.45) is 11.7 Å². The minimum Gasteiger partial charge on any atom is -0.342 e. The molecule has 7 heteroatoms. The summed E-state index contributed by atoms with van der Waals surface area (Å²) >= 11 is 0. The highest BCUT2D eigenvalue weighted by molar-refractivity contribution is 5.79. The first-order chi connectivity index (χ1) is 11.0. The van der Waals surface area contributed by atoms with Gasteiger partial charge in [0.05, 0.1) is 0 Å². The van der Waals surface area contributed by atoms with Crippen molar-refractivity contribution in [1.82, 2.24) is 15.5 Å². The molecule has 3 atom stereocenters. The van der Waals surface area contributed by atoms with Crippen molar-refractivity contribution in [1.29, 1.82) is 0 Å². The van der Waals surface area contributed by atoms with E-state index in [0.29, 0.717) is 17.9 Å². The molecule has 3 N–H and O–H groups in total. The molecule has 0 bridgehead atoms. The van der Waals surface area contributed by atoms with Gasteiger partial charge in [-0.1, -0.05) is 23.4 Å². The summed E-state index contributed by atoms with van der Waals surface area (Å²) in [7, 11) is 0. The molecule has 0 unspecified atom stereocenters. The average Bonchev–Trinajstić information content (AvgIpc) is 3.14. The summed E-state index contributed by atoms with van der Waals surface area (Å²) in [5, 5.41) is 6.68. The predicted octanol–water partition coefficient (Wildman–Crippen LogP) is 1.85. The Morgan fingerprint density at radius 2 is 2.22 bits per heavy atom. The number of carbonyl (C=O) groups is 1. The van der Waals surface area contributed by atoms with Crippen LogP contribution in [0.2, 0.25) is 0 Å². The topological polar surface area (TPSA) is 94.0 Å². The van der Waals surface area contributed by atoms with E-state index in [2.05, 4.69) is 15.5 Å². The molecule has 6 nitrogen and oxygen atoms in total. The molecule has 1 aliphatic rings. The number of aromatic nitrogens is 2. The molecule has 1 aliphatic carbocycles. The third-order valence-electron chi connectivity index (χ3n) is 4.15. The van der Waals surface area contributed by atoms with Gasteiger partial charge >= 0.3 is 0 Å². The largest absolute Gasteiger partial charge is 0.342 e. The molecule has 0 saturated heterocycles. The zero-order chi connectivity index (χ0) is 16.4. The van der Waals surface area contributed by atoms with Crippen LogP contribution in [0.5, 0.6) is 0 Å². The van der Waals surface area contributed by atoms with Crippen LogP contribution in [0, 0.1) is 18.7 Å². The van der Waals surface area contributed by atoms with Gasteiger partial charge in [0.1, 0.15) is 11.9 Å². The molecular weight excluding hydrogens is 299 g/mol. The summed E-state index contributed by atoms with van der Waals surface area (Å²) in [5.74, 6) is -0.147. The quantitative estimate of drug-likeness (QED) is 0.897. The van der Waals surface area contributed by atoms with Gasteiger partial charge in [0, 0.05) is 24.4 Å². The van der Waals surface area contributed by atoms with E-state index in [1.54, 1.807) is 25.1 Å². The lowest BCUT2D eigenvalue weighted by Gasteiger charge is -2.19. The lowest BCUT2D eigenvalue weighted by atomic mass is 10.0. The molecule has 1 aromatic heterocycles. The molecule has 3 rings (SSSR count). The van der Waals surface area contributed by atoms with E-state index < -0.39 is 11.9 Å². The smallest absolute Gasteiger partial charge is 0.224 e. The van der Waals surface area contributed by atoms with Crippen LogP contribution >= 0.6 is 0 Å². The summed E-state index contributed by atoms with van der Waals surface area (Å²) in [6.07, 6.45) is 2.20. The maximum atomic E-state index is 14.2. The van der Waals surface area contributed by atoms with Crippen molar-refractivity contribution in [2.75, 3.05) is 0 Å². The number of rotatable bonds is 4. The fraction of sp³-hybridized carbons (Fsp3) is 0.438. The molecular formula is C16H19FN4O2. The van der Waals surface area contributed by atoms with Gasteiger partial charge in [0.15, 0.2) is 5.82 Å². The van der Waals surface area contributed by atoms with Crippen LogP contribution in [-0.2, 0) is 4.79 Å². The molecule has 1 amide bonds. The molecule has 0 radical (unpaired) electrons. The average molecular weight is 318 g/mol. The summed E-state index contributed by atoms with van der Waals surface area (Å²) in [6, 6.07) is 5.51. The van der Waals surface area contributed by atoms with E-state index >= 15 is 0 Å². The number of carbonyl (C=O) groups excluding carboxylic acids is 1. The molecule has 0 spiro atoms. The lowest BCUT2D eigenvalue weighted by Crippen LogP contribution is -2.35. The molecule has 0 aliphatic heterocycles. The third kappa shape index (κ3) is 3.39. The number of amides is 1. The number of nitrogens with two attached hydrogens (primary N) is 1. The van der Waals surface area contributed by atoms with Crippen LogP contribution in [0.3, 0.4) is 0 Å². The van der Waals surface area contributed by atoms with Gasteiger partial charge in [-0.2, -0.15) is 4.98 Å². The first kappa shape index (κ1) is 15.6. The molecule has 1 heterocycles. The first-order valence-corrected chi connectivity index (χ1v) is 7.65. The summed E-state index contributed by atoms with van der Waals surface area (Å²) in [5.41, 5.74) is 6.17. The maximum Gasteiger partial charge on any atom is 0.224 e. The van der Waals surface area contributed by atoms with Crippen molar-refractivity contribution in [3.8, 4) is 0 Å². The number of nitrogens with one attached hydrogen (secondary N) is 1. The van der Waals surface area contributed by atoms with Gasteiger partial charge in [-0.15, -0.1) is 0 Å². The van der Waals surface area contributed by atoms with E-state index in [4.69, 9.17) is 10.3 Å². The van der Waals surface area contributed by atoms with Crippen LogP contribution in [0.25, 0.3) is 0 Å². The van der Waals surface area contributed by atoms with E-state index in [0.717, 1.165) is 12.8 Å². The number of nitrogens with zero attached hydrogens (tertiary/aromatic N) is 2. The van der Waals surface area contributed by atoms with E-state index in [1.165, 1.54) is 6.07 Å². The van der Waals surface area contributed by atoms with Crippen LogP contribution in [-0.4, -0.2) is 22.1 Å². The van der Waals surface area contributed by atoms with Crippen molar-refractivity contribution in [3.63, 3.8) is 0 Å². The zero-order valence-corrected chi connectivity index (χ0v) is 12.8. The highest BCUT2D eigenvalue weighted by Crippen LogP contribution is 2.27. The Hall–Kier alpha value is -2.28. The van der Waals surface area contributed by atoms with Gasteiger partial charge in [0.2, 0.25) is 11.8 Å². The monoisotopic (exact) mass is 318 g/mol. The van der Waals surface area contributed by atoms with Crippen molar-refractivity contribution < 1.29 is 13.7 Å². The predicted molar refractivity (Wildman–Crippen MR) is 80.7 cm³/mol. The summed E-state index contributed by atoms with van der Waals surface area (Å²) in [6.45, 7) is 1.65. The Bertz CT molecular complexity index is 703. The number of halogens is 1. The van der Waals surface area contributed by atoms with Gasteiger partial charge in [-0.3, -0.25) is 4.79 Å². The second-order valence-electron chi connectivity index (χ2n) is 5.90. The number of aryl methyl sites for hydroxylation is 1. The highest BCUT2D eigenvalue weighted by Gasteiger charge is 2.31. The molecule has 1 aromatic carbocycles. The Balaban J connectivity index is 1.87. The Kier molecular flexibility index (Phi) is 4.38. The Morgan fingerprint density at radius 1 is 1.43 bits per heavy atom. The third-order valence-corrected chi connectivity index (χ3v) is 4.15. The highest BCUT2D eigenvalue weighted by atomic mass is 19.1. The Labute approximate surface area is 133 Å². The summed E-state index contributed by atoms with van der Waals surface area (Å²) < 4.78 is 19.1. The molecule has 1 fully saturated rings. The van der Waals surface area contributed by atoms with E-state index in [-0.39, 0.29) is 23.7 Å². The van der Waals surface area contributed by atoms with E-state index in [9.17, 15) is 9.18 Å². The van der Waals surface area contributed by atoms with Crippen LogP contribution < -0.4 is 11.1 Å². The number of benzene rings is 1. The Morgan fingerprint density at radius 3 is 2.83 bits per heavy atom. The van der Waals surface area contributed by atoms with Gasteiger partial charge in [0.25, 0.3) is 0 Å². The van der Waals surface area contributed by atoms with Crippen LogP contribution in [0.15, 0.2) is 28.8 Å². The molecule has 2 aromatic rings. The molecule has 122 valence electrons. The molecule has 1 saturated carbocycles.